The normalized spacial score (nSPS) is 29.5. The molecule has 1 saturated carbocycles. The Morgan fingerprint density at radius 2 is 2.07 bits per heavy atom. The van der Waals surface area contributed by atoms with E-state index >= 15 is 0 Å². The number of fused-ring (bicyclic) bond motifs is 4. The minimum Gasteiger partial charge on any atom is -0.504 e. The van der Waals surface area contributed by atoms with Crippen LogP contribution >= 0.6 is 0 Å². The highest BCUT2D eigenvalue weighted by Gasteiger charge is 2.72. The maximum absolute atomic E-state index is 13.5. The Balaban J connectivity index is 1.26. The van der Waals surface area contributed by atoms with Gasteiger partial charge in [0.1, 0.15) is 6.04 Å². The molecule has 2 aliphatic heterocycles. The van der Waals surface area contributed by atoms with Gasteiger partial charge in [-0.3, -0.25) is 9.69 Å². The number of phenolic OH excluding ortho intramolecular Hbond substituents is 1. The van der Waals surface area contributed by atoms with Gasteiger partial charge in [0.15, 0.2) is 17.6 Å². The Morgan fingerprint density at radius 1 is 1.24 bits per heavy atom. The van der Waals surface area contributed by atoms with Gasteiger partial charge >= 0.3 is 5.97 Å². The quantitative estimate of drug-likeness (QED) is 0.240. The molecule has 2 aromatic carbocycles. The second-order valence-electron chi connectivity index (χ2n) is 13.0. The summed E-state index contributed by atoms with van der Waals surface area (Å²) >= 11 is 0. The average Bonchev–Trinajstić information content (AvgIpc) is 3.60. The maximum atomic E-state index is 13.5. The van der Waals surface area contributed by atoms with Gasteiger partial charge in [-0.15, -0.1) is 0 Å². The molecule has 2 fully saturated rings. The van der Waals surface area contributed by atoms with Crippen molar-refractivity contribution in [1.82, 2.24) is 15.2 Å². The van der Waals surface area contributed by atoms with Crippen molar-refractivity contribution in [2.75, 3.05) is 19.6 Å². The summed E-state index contributed by atoms with van der Waals surface area (Å²) in [4.78, 5) is 31.3. The molecule has 2 unspecified atom stereocenters. The van der Waals surface area contributed by atoms with E-state index in [4.69, 9.17) is 10.5 Å². The van der Waals surface area contributed by atoms with E-state index in [9.17, 15) is 24.9 Å². The number of phenols is 1. The number of likely N-dealkylation sites (tertiary alicyclic amines) is 1. The number of aliphatic hydroxyl groups is 1. The lowest BCUT2D eigenvalue weighted by Crippen LogP contribution is -2.74. The van der Waals surface area contributed by atoms with Crippen molar-refractivity contribution in [1.29, 1.82) is 0 Å². The first-order valence-corrected chi connectivity index (χ1v) is 15.1. The zero-order chi connectivity index (χ0) is 29.0. The molecule has 5 atom stereocenters. The summed E-state index contributed by atoms with van der Waals surface area (Å²) in [7, 11) is 0. The highest BCUT2D eigenvalue weighted by Crippen LogP contribution is 2.69. The first-order chi connectivity index (χ1) is 20.3. The Kier molecular flexibility index (Phi) is 5.55. The van der Waals surface area contributed by atoms with Crippen LogP contribution in [0.4, 0.5) is 0 Å². The number of carboxylic acids is 1. The third-order valence-electron chi connectivity index (χ3n) is 10.7. The number of carbonyl (C=O) groups excluding carboxylic acids is 1. The fourth-order valence-electron chi connectivity index (χ4n) is 8.65. The summed E-state index contributed by atoms with van der Waals surface area (Å²) in [6.07, 6.45) is 4.41. The first kappa shape index (κ1) is 26.1. The van der Waals surface area contributed by atoms with Gasteiger partial charge in [0.2, 0.25) is 0 Å². The van der Waals surface area contributed by atoms with Gasteiger partial charge in [-0.1, -0.05) is 18.2 Å². The third-order valence-corrected chi connectivity index (χ3v) is 10.7. The number of hydrogen-bond acceptors (Lipinski definition) is 7. The van der Waals surface area contributed by atoms with Gasteiger partial charge in [-0.25, -0.2) is 4.79 Å². The number of aromatic hydroxyl groups is 1. The van der Waals surface area contributed by atoms with Crippen LogP contribution in [0.25, 0.3) is 10.9 Å². The van der Waals surface area contributed by atoms with Crippen LogP contribution in [0.1, 0.15) is 71.0 Å². The number of amides is 1. The molecule has 220 valence electrons. The molecule has 1 saturated heterocycles. The summed E-state index contributed by atoms with van der Waals surface area (Å²) in [5.74, 6) is -0.367. The Bertz CT molecular complexity index is 1650. The number of carboxylic acid groups (broad SMARTS) is 1. The molecule has 10 heteroatoms. The molecule has 1 aromatic heterocycles. The molecule has 3 aliphatic carbocycles. The molecule has 3 heterocycles. The number of aromatic nitrogens is 1. The lowest BCUT2D eigenvalue weighted by Gasteiger charge is -2.62. The van der Waals surface area contributed by atoms with Crippen molar-refractivity contribution >= 4 is 22.8 Å². The van der Waals surface area contributed by atoms with E-state index in [1.54, 1.807) is 18.2 Å². The number of aliphatic carboxylic acids is 1. The third kappa shape index (κ3) is 3.37. The van der Waals surface area contributed by atoms with E-state index in [0.29, 0.717) is 55.0 Å². The van der Waals surface area contributed by atoms with Gasteiger partial charge in [0.05, 0.1) is 27.8 Å². The summed E-state index contributed by atoms with van der Waals surface area (Å²) in [5.41, 5.74) is 8.43. The Hall–Kier alpha value is -3.60. The molecule has 8 rings (SSSR count). The van der Waals surface area contributed by atoms with Crippen molar-refractivity contribution in [3.63, 3.8) is 0 Å². The number of nitrogens with two attached hydrogens (primary N) is 1. The number of benzene rings is 2. The van der Waals surface area contributed by atoms with Crippen LogP contribution in [0.2, 0.25) is 0 Å². The highest BCUT2D eigenvalue weighted by atomic mass is 16.5. The minimum atomic E-state index is -1.13. The Morgan fingerprint density at radius 3 is 2.83 bits per heavy atom. The first-order valence-electron chi connectivity index (χ1n) is 15.1. The number of aromatic amines is 1. The van der Waals surface area contributed by atoms with Crippen molar-refractivity contribution < 1.29 is 29.6 Å². The smallest absolute Gasteiger partial charge is 0.326 e. The highest BCUT2D eigenvalue weighted by molar-refractivity contribution is 6.08. The minimum absolute atomic E-state index is 0.0775. The molecule has 42 heavy (non-hydrogen) atoms. The number of piperidine rings is 1. The predicted octanol–water partition coefficient (Wildman–Crippen LogP) is 2.49. The van der Waals surface area contributed by atoms with Gasteiger partial charge in [0, 0.05) is 30.0 Å². The van der Waals surface area contributed by atoms with Crippen LogP contribution < -0.4 is 15.8 Å². The molecule has 3 aromatic rings. The van der Waals surface area contributed by atoms with Crippen molar-refractivity contribution in [2.45, 2.75) is 74.1 Å². The van der Waals surface area contributed by atoms with Gasteiger partial charge in [-0.05, 0) is 80.8 Å². The average molecular weight is 573 g/mol. The van der Waals surface area contributed by atoms with E-state index in [2.05, 4.69) is 15.2 Å². The number of para-hydroxylation sites is 1. The van der Waals surface area contributed by atoms with Crippen molar-refractivity contribution in [3.8, 4) is 11.5 Å². The number of nitrogens with zero attached hydrogens (tertiary/aromatic N) is 1. The molecule has 0 radical (unpaired) electrons. The summed E-state index contributed by atoms with van der Waals surface area (Å²) in [6, 6.07) is 7.97. The standard InChI is InChI=1S/C32H36N4O6/c33-11-2-5-21(30(39)40)34-29(38)19-4-1-3-18-20-14-32(41)23-13-17-8-9-22(37)27-24(17)31(32,10-12-36(23)15-16-6-7-16)28(42-27)26(20)35-25(18)19/h1,3-4,8-9,16,21,23,28,35,37,41H,2,5-7,10-15,33H2,(H,34,38)(H,39,40)/t21-,23?,28+,31?,32-/m1/s1. The van der Waals surface area contributed by atoms with Crippen LogP contribution in [-0.4, -0.2) is 74.4 Å². The van der Waals surface area contributed by atoms with Crippen molar-refractivity contribution in [2.24, 2.45) is 11.7 Å². The largest absolute Gasteiger partial charge is 0.504 e. The SMILES string of the molecule is NCCC[C@@H](NC(=O)c1cccc2c3c([nH]c12)[C@@H]1Oc2c(O)ccc4c2C12CCN(CC1CC1)C(C4)[C@]2(O)C3)C(=O)O. The topological polar surface area (TPSA) is 161 Å². The van der Waals surface area contributed by atoms with Crippen molar-refractivity contribution in [3.05, 3.63) is 58.3 Å². The number of H-pyrrole nitrogens is 1. The monoisotopic (exact) mass is 572 g/mol. The zero-order valence-electron chi connectivity index (χ0n) is 23.4. The van der Waals surface area contributed by atoms with Gasteiger partial charge < -0.3 is 36.1 Å². The number of nitrogens with one attached hydrogen (secondary N) is 2. The summed E-state index contributed by atoms with van der Waals surface area (Å²) in [5, 5.41) is 37.1. The predicted molar refractivity (Wildman–Crippen MR) is 154 cm³/mol. The lowest BCUT2D eigenvalue weighted by atomic mass is 9.49. The van der Waals surface area contributed by atoms with E-state index in [1.807, 2.05) is 12.1 Å². The lowest BCUT2D eigenvalue weighted by molar-refractivity contribution is -0.173. The van der Waals surface area contributed by atoms with Crippen LogP contribution in [0, 0.1) is 5.92 Å². The molecular formula is C32H36N4O6. The fourth-order valence-corrected chi connectivity index (χ4v) is 8.65. The summed E-state index contributed by atoms with van der Waals surface area (Å²) in [6.45, 7) is 2.17. The van der Waals surface area contributed by atoms with E-state index in [1.165, 1.54) is 12.8 Å². The van der Waals surface area contributed by atoms with Crippen LogP contribution in [-0.2, 0) is 23.1 Å². The fraction of sp³-hybridized carbons (Fsp3) is 0.500. The van der Waals surface area contributed by atoms with E-state index < -0.39 is 35.0 Å². The van der Waals surface area contributed by atoms with Crippen LogP contribution in [0.5, 0.6) is 11.5 Å². The van der Waals surface area contributed by atoms with Crippen LogP contribution in [0.15, 0.2) is 30.3 Å². The molecule has 1 spiro atoms. The second kappa shape index (κ2) is 8.95. The van der Waals surface area contributed by atoms with Crippen LogP contribution in [0.3, 0.4) is 0 Å². The Labute approximate surface area is 242 Å². The molecule has 10 nitrogen and oxygen atoms in total. The number of carbonyl (C=O) groups is 2. The maximum Gasteiger partial charge on any atom is 0.326 e. The number of rotatable bonds is 8. The summed E-state index contributed by atoms with van der Waals surface area (Å²) < 4.78 is 6.65. The molecular weight excluding hydrogens is 536 g/mol. The molecule has 1 amide bonds. The number of ether oxygens (including phenoxy) is 1. The molecule has 2 bridgehead atoms. The van der Waals surface area contributed by atoms with Gasteiger partial charge in [0.25, 0.3) is 5.91 Å². The van der Waals surface area contributed by atoms with E-state index in [-0.39, 0.29) is 18.2 Å². The zero-order valence-corrected chi connectivity index (χ0v) is 23.4. The molecule has 5 aliphatic rings. The molecule has 7 N–H and O–H groups in total. The second-order valence-corrected chi connectivity index (χ2v) is 13.0. The van der Waals surface area contributed by atoms with E-state index in [0.717, 1.165) is 40.9 Å². The van der Waals surface area contributed by atoms with Gasteiger partial charge in [-0.2, -0.15) is 0 Å². The number of hydrogen-bond donors (Lipinski definition) is 6.